The largest absolute Gasteiger partial charge is 0.378 e. The molecular weight excluding hydrogens is 288 g/mol. The highest BCUT2D eigenvalue weighted by Crippen LogP contribution is 2.21. The summed E-state index contributed by atoms with van der Waals surface area (Å²) < 4.78 is 0. The lowest BCUT2D eigenvalue weighted by Gasteiger charge is -2.07. The average Bonchev–Trinajstić information content (AvgIpc) is 2.49. The number of nitrogens with two attached hydrogens (primary N) is 1. The van der Waals surface area contributed by atoms with Crippen LogP contribution in [0.5, 0.6) is 0 Å². The van der Waals surface area contributed by atoms with Crippen molar-refractivity contribution in [2.45, 2.75) is 39.4 Å². The van der Waals surface area contributed by atoms with Crippen molar-refractivity contribution in [3.05, 3.63) is 64.7 Å². The minimum Gasteiger partial charge on any atom is -0.378 e. The maximum Gasteiger partial charge on any atom is 0.159 e. The van der Waals surface area contributed by atoms with Gasteiger partial charge in [-0.2, -0.15) is 0 Å². The maximum atomic E-state index is 6.03. The van der Waals surface area contributed by atoms with Crippen LogP contribution in [-0.4, -0.2) is 5.17 Å². The molecule has 0 aliphatic rings. The van der Waals surface area contributed by atoms with Crippen molar-refractivity contribution in [1.29, 1.82) is 0 Å². The fourth-order valence-electron chi connectivity index (χ4n) is 2.11. The smallest absolute Gasteiger partial charge is 0.159 e. The molecule has 0 heterocycles. The molecule has 3 heteroatoms. The Bertz CT molecular complexity index is 658. The SMILES string of the molecule is Cc1ccc(N=C(N)SCc2ccc(C(C)C)cc2)cc1C. The molecule has 116 valence electrons. The van der Waals surface area contributed by atoms with E-state index in [4.69, 9.17) is 5.73 Å². The number of thioether (sulfide) groups is 1. The van der Waals surface area contributed by atoms with Gasteiger partial charge in [0.2, 0.25) is 0 Å². The van der Waals surface area contributed by atoms with E-state index in [9.17, 15) is 0 Å². The van der Waals surface area contributed by atoms with Gasteiger partial charge in [0, 0.05) is 5.75 Å². The summed E-state index contributed by atoms with van der Waals surface area (Å²) in [4.78, 5) is 4.48. The van der Waals surface area contributed by atoms with Crippen molar-refractivity contribution in [1.82, 2.24) is 0 Å². The van der Waals surface area contributed by atoms with Gasteiger partial charge in [0.15, 0.2) is 5.17 Å². The van der Waals surface area contributed by atoms with Gasteiger partial charge in [0.05, 0.1) is 5.69 Å². The summed E-state index contributed by atoms with van der Waals surface area (Å²) >= 11 is 1.58. The Morgan fingerprint density at radius 2 is 1.73 bits per heavy atom. The van der Waals surface area contributed by atoms with Crippen LogP contribution in [0.2, 0.25) is 0 Å². The number of rotatable bonds is 4. The lowest BCUT2D eigenvalue weighted by atomic mass is 10.0. The van der Waals surface area contributed by atoms with Gasteiger partial charge in [-0.3, -0.25) is 0 Å². The second kappa shape index (κ2) is 7.50. The number of hydrogen-bond donors (Lipinski definition) is 1. The van der Waals surface area contributed by atoms with Crippen LogP contribution in [0.25, 0.3) is 0 Å². The Kier molecular flexibility index (Phi) is 5.67. The first kappa shape index (κ1) is 16.6. The van der Waals surface area contributed by atoms with Crippen LogP contribution in [0.1, 0.15) is 42.0 Å². The van der Waals surface area contributed by atoms with E-state index in [1.807, 2.05) is 6.07 Å². The first-order chi connectivity index (χ1) is 10.5. The number of nitrogens with zero attached hydrogens (tertiary/aromatic N) is 1. The van der Waals surface area contributed by atoms with E-state index < -0.39 is 0 Å². The molecule has 22 heavy (non-hydrogen) atoms. The van der Waals surface area contributed by atoms with Gasteiger partial charge in [-0.05, 0) is 54.2 Å². The minimum atomic E-state index is 0.568. The van der Waals surface area contributed by atoms with Gasteiger partial charge >= 0.3 is 0 Å². The van der Waals surface area contributed by atoms with Gasteiger partial charge in [0.25, 0.3) is 0 Å². The Morgan fingerprint density at radius 1 is 1.05 bits per heavy atom. The highest BCUT2D eigenvalue weighted by molar-refractivity contribution is 8.13. The molecule has 2 nitrogen and oxygen atoms in total. The van der Waals surface area contributed by atoms with Crippen LogP contribution < -0.4 is 5.73 Å². The molecule has 0 aromatic heterocycles. The van der Waals surface area contributed by atoms with E-state index in [-0.39, 0.29) is 0 Å². The summed E-state index contributed by atoms with van der Waals surface area (Å²) in [5, 5.41) is 0.608. The Labute approximate surface area is 137 Å². The van der Waals surface area contributed by atoms with Crippen LogP contribution in [-0.2, 0) is 5.75 Å². The molecule has 0 fully saturated rings. The lowest BCUT2D eigenvalue weighted by molar-refractivity contribution is 0.866. The van der Waals surface area contributed by atoms with Crippen LogP contribution in [0, 0.1) is 13.8 Å². The molecular formula is C19H24N2S. The van der Waals surface area contributed by atoms with Crippen molar-refractivity contribution < 1.29 is 0 Å². The van der Waals surface area contributed by atoms with E-state index in [1.54, 1.807) is 11.8 Å². The number of hydrogen-bond acceptors (Lipinski definition) is 2. The molecule has 0 saturated heterocycles. The van der Waals surface area contributed by atoms with Crippen molar-refractivity contribution >= 4 is 22.6 Å². The predicted octanol–water partition coefficient (Wildman–Crippen LogP) is 5.31. The van der Waals surface area contributed by atoms with E-state index in [2.05, 4.69) is 69.1 Å². The summed E-state index contributed by atoms with van der Waals surface area (Å²) in [7, 11) is 0. The average molecular weight is 312 g/mol. The first-order valence-corrected chi connectivity index (χ1v) is 8.57. The number of benzene rings is 2. The monoisotopic (exact) mass is 312 g/mol. The summed E-state index contributed by atoms with van der Waals surface area (Å²) in [5.41, 5.74) is 12.1. The third kappa shape index (κ3) is 4.63. The van der Waals surface area contributed by atoms with Gasteiger partial charge in [-0.15, -0.1) is 0 Å². The van der Waals surface area contributed by atoms with Crippen molar-refractivity contribution in [3.63, 3.8) is 0 Å². The zero-order chi connectivity index (χ0) is 16.1. The molecule has 2 rings (SSSR count). The van der Waals surface area contributed by atoms with Gasteiger partial charge < -0.3 is 5.73 Å². The molecule has 0 spiro atoms. The molecule has 0 atom stereocenters. The van der Waals surface area contributed by atoms with E-state index in [0.717, 1.165) is 11.4 Å². The maximum absolute atomic E-state index is 6.03. The van der Waals surface area contributed by atoms with Crippen LogP contribution in [0.4, 0.5) is 5.69 Å². The zero-order valence-corrected chi connectivity index (χ0v) is 14.6. The van der Waals surface area contributed by atoms with Crippen LogP contribution in [0.3, 0.4) is 0 Å². The highest BCUT2D eigenvalue weighted by atomic mass is 32.2. The third-order valence-electron chi connectivity index (χ3n) is 3.76. The quantitative estimate of drug-likeness (QED) is 0.614. The molecule has 2 aromatic carbocycles. The fourth-order valence-corrected chi connectivity index (χ4v) is 2.79. The second-order valence-electron chi connectivity index (χ2n) is 5.90. The normalized spacial score (nSPS) is 12.0. The molecule has 0 radical (unpaired) electrons. The van der Waals surface area contributed by atoms with Crippen LogP contribution in [0.15, 0.2) is 47.5 Å². The third-order valence-corrected chi connectivity index (χ3v) is 4.63. The van der Waals surface area contributed by atoms with E-state index >= 15 is 0 Å². The topological polar surface area (TPSA) is 38.4 Å². The van der Waals surface area contributed by atoms with Crippen molar-refractivity contribution in [2.24, 2.45) is 10.7 Å². The molecule has 2 N–H and O–H groups in total. The molecule has 0 amide bonds. The minimum absolute atomic E-state index is 0.568. The molecule has 2 aromatic rings. The van der Waals surface area contributed by atoms with E-state index in [0.29, 0.717) is 11.1 Å². The van der Waals surface area contributed by atoms with Gasteiger partial charge in [0.1, 0.15) is 0 Å². The van der Waals surface area contributed by atoms with Crippen molar-refractivity contribution in [2.75, 3.05) is 0 Å². The van der Waals surface area contributed by atoms with Crippen LogP contribution >= 0.6 is 11.8 Å². The molecule has 0 aliphatic carbocycles. The summed E-state index contributed by atoms with van der Waals surface area (Å²) in [6.07, 6.45) is 0. The predicted molar refractivity (Wildman–Crippen MR) is 99.0 cm³/mol. The number of aryl methyl sites for hydroxylation is 2. The summed E-state index contributed by atoms with van der Waals surface area (Å²) in [6, 6.07) is 14.9. The Morgan fingerprint density at radius 3 is 2.32 bits per heavy atom. The molecule has 0 bridgehead atoms. The standard InChI is InChI=1S/C19H24N2S/c1-13(2)17-8-6-16(7-9-17)12-22-19(20)21-18-10-5-14(3)15(4)11-18/h5-11,13H,12H2,1-4H3,(H2,20,21). The lowest BCUT2D eigenvalue weighted by Crippen LogP contribution is -2.06. The first-order valence-electron chi connectivity index (χ1n) is 7.59. The summed E-state index contributed by atoms with van der Waals surface area (Å²) in [5.74, 6) is 1.41. The molecule has 0 saturated carbocycles. The summed E-state index contributed by atoms with van der Waals surface area (Å²) in [6.45, 7) is 8.60. The number of aliphatic imine (C=N–C) groups is 1. The Hall–Kier alpha value is -1.74. The highest BCUT2D eigenvalue weighted by Gasteiger charge is 2.01. The fraction of sp³-hybridized carbons (Fsp3) is 0.316. The van der Waals surface area contributed by atoms with Crippen molar-refractivity contribution in [3.8, 4) is 0 Å². The second-order valence-corrected chi connectivity index (χ2v) is 6.90. The zero-order valence-electron chi connectivity index (χ0n) is 13.8. The van der Waals surface area contributed by atoms with E-state index in [1.165, 1.54) is 22.3 Å². The van der Waals surface area contributed by atoms with Gasteiger partial charge in [-0.25, -0.2) is 4.99 Å². The number of amidine groups is 1. The molecule has 0 unspecified atom stereocenters. The van der Waals surface area contributed by atoms with Gasteiger partial charge in [-0.1, -0.05) is 55.9 Å². The Balaban J connectivity index is 1.98. The molecule has 0 aliphatic heterocycles.